The van der Waals surface area contributed by atoms with Crippen LogP contribution in [0, 0.1) is 0 Å². The van der Waals surface area contributed by atoms with Crippen LogP contribution in [0.2, 0.25) is 0 Å². The Hall–Kier alpha value is 0.300. The Balaban J connectivity index is 4.02. The molecule has 0 spiro atoms. The van der Waals surface area contributed by atoms with Gasteiger partial charge in [-0.05, 0) is 6.42 Å². The summed E-state index contributed by atoms with van der Waals surface area (Å²) in [6, 6.07) is 0. The van der Waals surface area contributed by atoms with Crippen LogP contribution in [-0.2, 0) is 24.6 Å². The average Bonchev–Trinajstić information content (AvgIpc) is 1.98. The van der Waals surface area contributed by atoms with E-state index in [0.717, 1.165) is 6.26 Å². The number of halogens is 1. The van der Waals surface area contributed by atoms with Gasteiger partial charge in [-0.15, -0.1) is 0 Å². The first kappa shape index (κ1) is 16.3. The standard InChI is InChI=1S/C7H16BrNO5S2/c1-14-5-7(8)3-4-9-16(12,13)6-15(2,10)11/h7,9H,3-6H2,1-2H3. The van der Waals surface area contributed by atoms with Crippen molar-refractivity contribution >= 4 is 35.8 Å². The summed E-state index contributed by atoms with van der Waals surface area (Å²) in [5.41, 5.74) is 0. The Kier molecular flexibility index (Phi) is 7.03. The Labute approximate surface area is 105 Å². The lowest BCUT2D eigenvalue weighted by Gasteiger charge is -2.09. The summed E-state index contributed by atoms with van der Waals surface area (Å²) in [5, 5.41) is -0.878. The van der Waals surface area contributed by atoms with Crippen molar-refractivity contribution in [1.29, 1.82) is 0 Å². The summed E-state index contributed by atoms with van der Waals surface area (Å²) in [7, 11) is -5.74. The third-order valence-corrected chi connectivity index (χ3v) is 5.82. The van der Waals surface area contributed by atoms with Gasteiger partial charge in [0.1, 0.15) is 0 Å². The minimum atomic E-state index is -3.75. The van der Waals surface area contributed by atoms with Crippen LogP contribution in [0.1, 0.15) is 6.42 Å². The van der Waals surface area contributed by atoms with Crippen molar-refractivity contribution in [3.63, 3.8) is 0 Å². The molecule has 0 aliphatic heterocycles. The molecule has 0 rings (SSSR count). The zero-order valence-electron chi connectivity index (χ0n) is 9.14. The van der Waals surface area contributed by atoms with Gasteiger partial charge in [-0.3, -0.25) is 0 Å². The maximum Gasteiger partial charge on any atom is 0.226 e. The summed E-state index contributed by atoms with van der Waals surface area (Å²) in [4.78, 5) is 0.0402. The number of sulfone groups is 1. The maximum atomic E-state index is 11.2. The number of hydrogen-bond donors (Lipinski definition) is 1. The minimum absolute atomic E-state index is 0.0402. The van der Waals surface area contributed by atoms with Crippen molar-refractivity contribution in [2.45, 2.75) is 11.2 Å². The first-order valence-corrected chi connectivity index (χ1v) is 9.07. The van der Waals surface area contributed by atoms with Crippen LogP contribution < -0.4 is 4.72 Å². The number of ether oxygens (including phenoxy) is 1. The van der Waals surface area contributed by atoms with E-state index in [9.17, 15) is 16.8 Å². The zero-order valence-corrected chi connectivity index (χ0v) is 12.4. The van der Waals surface area contributed by atoms with Crippen LogP contribution in [0.4, 0.5) is 0 Å². The topological polar surface area (TPSA) is 89.5 Å². The molecule has 1 unspecified atom stereocenters. The molecule has 0 aromatic rings. The fraction of sp³-hybridized carbons (Fsp3) is 1.00. The van der Waals surface area contributed by atoms with Crippen molar-refractivity contribution in [3.05, 3.63) is 0 Å². The highest BCUT2D eigenvalue weighted by atomic mass is 79.9. The lowest BCUT2D eigenvalue weighted by atomic mass is 10.3. The summed E-state index contributed by atoms with van der Waals surface area (Å²) >= 11 is 3.29. The summed E-state index contributed by atoms with van der Waals surface area (Å²) < 4.78 is 51.2. The molecule has 9 heteroatoms. The van der Waals surface area contributed by atoms with E-state index in [2.05, 4.69) is 20.7 Å². The van der Waals surface area contributed by atoms with E-state index in [0.29, 0.717) is 13.0 Å². The van der Waals surface area contributed by atoms with Crippen LogP contribution in [0.15, 0.2) is 0 Å². The van der Waals surface area contributed by atoms with Gasteiger partial charge in [-0.1, -0.05) is 15.9 Å². The van der Waals surface area contributed by atoms with E-state index in [1.165, 1.54) is 0 Å². The Morgan fingerprint density at radius 1 is 1.31 bits per heavy atom. The minimum Gasteiger partial charge on any atom is -0.384 e. The molecule has 1 atom stereocenters. The molecule has 98 valence electrons. The molecule has 0 heterocycles. The van der Waals surface area contributed by atoms with Gasteiger partial charge < -0.3 is 4.74 Å². The lowest BCUT2D eigenvalue weighted by molar-refractivity contribution is 0.199. The van der Waals surface area contributed by atoms with Gasteiger partial charge in [0.15, 0.2) is 14.9 Å². The summed E-state index contributed by atoms with van der Waals surface area (Å²) in [5.74, 6) is 0. The largest absolute Gasteiger partial charge is 0.384 e. The molecule has 6 nitrogen and oxygen atoms in total. The SMILES string of the molecule is COCC(Br)CCNS(=O)(=O)CS(C)(=O)=O. The van der Waals surface area contributed by atoms with E-state index in [-0.39, 0.29) is 11.4 Å². The zero-order chi connectivity index (χ0) is 12.8. The molecular weight excluding hydrogens is 322 g/mol. The molecule has 16 heavy (non-hydrogen) atoms. The monoisotopic (exact) mass is 337 g/mol. The van der Waals surface area contributed by atoms with E-state index in [1.807, 2.05) is 0 Å². The third kappa shape index (κ3) is 9.52. The van der Waals surface area contributed by atoms with Gasteiger partial charge in [0.2, 0.25) is 10.0 Å². The van der Waals surface area contributed by atoms with E-state index < -0.39 is 24.9 Å². The number of alkyl halides is 1. The van der Waals surface area contributed by atoms with Crippen LogP contribution >= 0.6 is 15.9 Å². The quantitative estimate of drug-likeness (QED) is 0.614. The number of nitrogens with one attached hydrogen (secondary N) is 1. The molecule has 0 bridgehead atoms. The smallest absolute Gasteiger partial charge is 0.226 e. The van der Waals surface area contributed by atoms with Gasteiger partial charge in [0.25, 0.3) is 0 Å². The second-order valence-corrected chi connectivity index (χ2v) is 9.00. The normalized spacial score (nSPS) is 14.9. The van der Waals surface area contributed by atoms with E-state index >= 15 is 0 Å². The first-order valence-electron chi connectivity index (χ1n) is 4.44. The van der Waals surface area contributed by atoms with Crippen LogP contribution in [0.3, 0.4) is 0 Å². The number of hydrogen-bond acceptors (Lipinski definition) is 5. The predicted octanol–water partition coefficient (Wildman–Crippen LogP) is -0.292. The summed E-state index contributed by atoms with van der Waals surface area (Å²) in [6.07, 6.45) is 1.40. The highest BCUT2D eigenvalue weighted by molar-refractivity contribution is 9.09. The second-order valence-electron chi connectivity index (χ2n) is 3.39. The molecular formula is C7H16BrNO5S2. The molecule has 0 aromatic carbocycles. The number of sulfonamides is 1. The fourth-order valence-electron chi connectivity index (χ4n) is 0.959. The van der Waals surface area contributed by atoms with Crippen molar-refractivity contribution in [1.82, 2.24) is 4.72 Å². The second kappa shape index (κ2) is 6.90. The van der Waals surface area contributed by atoms with Crippen LogP contribution in [0.25, 0.3) is 0 Å². The highest BCUT2D eigenvalue weighted by Gasteiger charge is 2.17. The van der Waals surface area contributed by atoms with Gasteiger partial charge in [-0.2, -0.15) is 0 Å². The molecule has 0 aliphatic carbocycles. The third-order valence-electron chi connectivity index (χ3n) is 1.50. The fourth-order valence-corrected chi connectivity index (χ4v) is 4.47. The predicted molar refractivity (Wildman–Crippen MR) is 65.8 cm³/mol. The molecule has 0 amide bonds. The Bertz CT molecular complexity index is 391. The number of rotatable bonds is 8. The van der Waals surface area contributed by atoms with E-state index in [4.69, 9.17) is 4.74 Å². The van der Waals surface area contributed by atoms with Gasteiger partial charge in [0.05, 0.1) is 6.61 Å². The maximum absolute atomic E-state index is 11.2. The first-order chi connectivity index (χ1) is 7.16. The van der Waals surface area contributed by atoms with Crippen molar-refractivity contribution < 1.29 is 21.6 Å². The molecule has 0 saturated carbocycles. The van der Waals surface area contributed by atoms with Crippen molar-refractivity contribution in [3.8, 4) is 0 Å². The van der Waals surface area contributed by atoms with Gasteiger partial charge in [0, 0.05) is 24.7 Å². The average molecular weight is 338 g/mol. The van der Waals surface area contributed by atoms with Crippen molar-refractivity contribution in [2.24, 2.45) is 0 Å². The van der Waals surface area contributed by atoms with Crippen LogP contribution in [-0.4, -0.2) is 53.3 Å². The van der Waals surface area contributed by atoms with Gasteiger partial charge in [-0.25, -0.2) is 21.6 Å². The highest BCUT2D eigenvalue weighted by Crippen LogP contribution is 2.04. The Morgan fingerprint density at radius 3 is 2.31 bits per heavy atom. The molecule has 0 radical (unpaired) electrons. The molecule has 0 saturated heterocycles. The van der Waals surface area contributed by atoms with E-state index in [1.54, 1.807) is 7.11 Å². The Morgan fingerprint density at radius 2 is 1.88 bits per heavy atom. The van der Waals surface area contributed by atoms with Gasteiger partial charge >= 0.3 is 0 Å². The molecule has 1 N–H and O–H groups in total. The molecule has 0 fully saturated rings. The van der Waals surface area contributed by atoms with Crippen molar-refractivity contribution in [2.75, 3.05) is 31.6 Å². The summed E-state index contributed by atoms with van der Waals surface area (Å²) in [6.45, 7) is 0.644. The van der Waals surface area contributed by atoms with Crippen LogP contribution in [0.5, 0.6) is 0 Å². The number of methoxy groups -OCH3 is 1. The molecule has 0 aromatic heterocycles. The lowest BCUT2D eigenvalue weighted by Crippen LogP contribution is -2.31. The molecule has 0 aliphatic rings.